The molecule has 1 aromatic heterocycles. The van der Waals surface area contributed by atoms with Gasteiger partial charge in [-0.2, -0.15) is 0 Å². The van der Waals surface area contributed by atoms with Gasteiger partial charge in [-0.15, -0.1) is 0 Å². The molecule has 2 unspecified atom stereocenters. The van der Waals surface area contributed by atoms with Crippen molar-refractivity contribution in [2.75, 3.05) is 6.54 Å². The third kappa shape index (κ3) is 3.69. The number of amides is 1. The highest BCUT2D eigenvalue weighted by Crippen LogP contribution is 2.64. The average Bonchev–Trinajstić information content (AvgIpc) is 2.98. The van der Waals surface area contributed by atoms with Crippen molar-refractivity contribution in [1.29, 1.82) is 0 Å². The number of hydrogen-bond acceptors (Lipinski definition) is 2. The maximum atomic E-state index is 12.5. The van der Waals surface area contributed by atoms with Crippen molar-refractivity contribution in [1.82, 2.24) is 15.3 Å². The van der Waals surface area contributed by atoms with Gasteiger partial charge in [-0.1, -0.05) is 51.1 Å². The molecule has 0 spiro atoms. The van der Waals surface area contributed by atoms with Crippen LogP contribution in [-0.4, -0.2) is 22.4 Å². The summed E-state index contributed by atoms with van der Waals surface area (Å²) in [5, 5.41) is 3.10. The zero-order valence-corrected chi connectivity index (χ0v) is 15.2. The van der Waals surface area contributed by atoms with E-state index >= 15 is 0 Å². The van der Waals surface area contributed by atoms with Gasteiger partial charge in [-0.3, -0.25) is 4.79 Å². The van der Waals surface area contributed by atoms with Crippen LogP contribution in [0.2, 0.25) is 0 Å². The Bertz CT molecular complexity index is 624. The molecule has 0 radical (unpaired) electrons. The van der Waals surface area contributed by atoms with Gasteiger partial charge in [-0.05, 0) is 31.2 Å². The number of nitrogens with zero attached hydrogens (tertiary/aromatic N) is 1. The highest BCUT2D eigenvalue weighted by atomic mass is 16.2. The van der Waals surface area contributed by atoms with E-state index in [0.29, 0.717) is 5.92 Å². The van der Waals surface area contributed by atoms with Crippen LogP contribution in [0.4, 0.5) is 0 Å². The van der Waals surface area contributed by atoms with Gasteiger partial charge >= 0.3 is 0 Å². The van der Waals surface area contributed by atoms with Crippen molar-refractivity contribution < 1.29 is 4.79 Å². The van der Waals surface area contributed by atoms with Crippen LogP contribution < -0.4 is 5.32 Å². The van der Waals surface area contributed by atoms with Gasteiger partial charge in [0.2, 0.25) is 5.91 Å². The van der Waals surface area contributed by atoms with Crippen LogP contribution in [-0.2, 0) is 11.2 Å². The summed E-state index contributed by atoms with van der Waals surface area (Å²) in [6.45, 7) is 8.91. The Morgan fingerprint density at radius 1 is 1.29 bits per heavy atom. The molecule has 0 aliphatic heterocycles. The van der Waals surface area contributed by atoms with Crippen molar-refractivity contribution in [3.63, 3.8) is 0 Å². The minimum absolute atomic E-state index is 0.160. The van der Waals surface area contributed by atoms with E-state index in [1.807, 2.05) is 26.1 Å². The third-order valence-corrected chi connectivity index (χ3v) is 5.10. The minimum atomic E-state index is -0.306. The van der Waals surface area contributed by atoms with E-state index in [4.69, 9.17) is 0 Å². The number of benzene rings is 1. The smallest absolute Gasteiger partial charge is 0.226 e. The Morgan fingerprint density at radius 3 is 2.62 bits per heavy atom. The van der Waals surface area contributed by atoms with E-state index in [1.165, 1.54) is 5.56 Å². The van der Waals surface area contributed by atoms with Crippen molar-refractivity contribution in [3.8, 4) is 0 Å². The predicted octanol–water partition coefficient (Wildman–Crippen LogP) is 3.92. The molecule has 3 atom stereocenters. The zero-order valence-electron chi connectivity index (χ0n) is 15.2. The highest BCUT2D eigenvalue weighted by Gasteiger charge is 2.64. The largest absolute Gasteiger partial charge is 0.356 e. The monoisotopic (exact) mass is 327 g/mol. The molecule has 1 fully saturated rings. The number of aromatic amines is 1. The lowest BCUT2D eigenvalue weighted by Crippen LogP contribution is -2.33. The molecule has 3 rings (SSSR count). The van der Waals surface area contributed by atoms with Crippen LogP contribution >= 0.6 is 0 Å². The summed E-state index contributed by atoms with van der Waals surface area (Å²) in [4.78, 5) is 19.7. The lowest BCUT2D eigenvalue weighted by atomic mass is 10.0. The normalized spacial score (nSPS) is 24.7. The molecular formula is C20H29N3O. The second-order valence-corrected chi connectivity index (χ2v) is 6.40. The Hall–Kier alpha value is -2.10. The third-order valence-electron chi connectivity index (χ3n) is 5.10. The summed E-state index contributed by atoms with van der Waals surface area (Å²) in [6.07, 6.45) is 5.47. The van der Waals surface area contributed by atoms with Crippen LogP contribution in [0.15, 0.2) is 42.9 Å². The maximum absolute atomic E-state index is 12.5. The molecule has 1 heterocycles. The molecule has 0 saturated heterocycles. The van der Waals surface area contributed by atoms with Crippen molar-refractivity contribution in [2.45, 2.75) is 46.5 Å². The molecule has 1 aromatic carbocycles. The molecule has 130 valence electrons. The first-order valence-electron chi connectivity index (χ1n) is 8.94. The second-order valence-electron chi connectivity index (χ2n) is 6.40. The molecule has 2 aromatic rings. The van der Waals surface area contributed by atoms with Crippen LogP contribution in [0.1, 0.15) is 51.3 Å². The molecule has 2 N–H and O–H groups in total. The molecule has 1 amide bonds. The first-order chi connectivity index (χ1) is 11.6. The maximum Gasteiger partial charge on any atom is 0.226 e. The summed E-state index contributed by atoms with van der Waals surface area (Å²) < 4.78 is 0. The number of nitrogens with one attached hydrogen (secondary N) is 2. The Morgan fingerprint density at radius 2 is 2.00 bits per heavy atom. The topological polar surface area (TPSA) is 57.8 Å². The van der Waals surface area contributed by atoms with Crippen LogP contribution in [0, 0.1) is 11.3 Å². The predicted molar refractivity (Wildman–Crippen MR) is 97.7 cm³/mol. The van der Waals surface area contributed by atoms with E-state index in [2.05, 4.69) is 53.4 Å². The molecular weight excluding hydrogens is 298 g/mol. The lowest BCUT2D eigenvalue weighted by Gasteiger charge is -2.12. The quantitative estimate of drug-likeness (QED) is 0.790. The number of hydrogen-bond donors (Lipinski definition) is 2. The van der Waals surface area contributed by atoms with Gasteiger partial charge in [0, 0.05) is 24.4 Å². The fourth-order valence-electron chi connectivity index (χ4n) is 3.43. The Kier molecular flexibility index (Phi) is 6.18. The summed E-state index contributed by atoms with van der Waals surface area (Å²) in [5.74, 6) is 0.763. The van der Waals surface area contributed by atoms with E-state index in [-0.39, 0.29) is 17.2 Å². The van der Waals surface area contributed by atoms with Gasteiger partial charge < -0.3 is 10.3 Å². The summed E-state index contributed by atoms with van der Waals surface area (Å²) in [7, 11) is 0. The Labute approximate surface area is 145 Å². The molecule has 0 bridgehead atoms. The van der Waals surface area contributed by atoms with E-state index in [1.54, 1.807) is 6.33 Å². The summed E-state index contributed by atoms with van der Waals surface area (Å²) in [5.41, 5.74) is 2.08. The number of carbonyl (C=O) groups excluding carboxylic acids is 1. The average molecular weight is 327 g/mol. The molecule has 4 nitrogen and oxygen atoms in total. The number of aromatic nitrogens is 2. The number of carbonyl (C=O) groups is 1. The Balaban J connectivity index is 0.00000100. The van der Waals surface area contributed by atoms with Gasteiger partial charge in [-0.25, -0.2) is 4.98 Å². The standard InChI is InChI=1S/C18H23N3O.C2H6/c1-13-16(15-11-19-12-21-15)18(13,2)17(22)20-10-6-9-14-7-4-3-5-8-14;1-2/h3-5,7-8,11-13,16H,6,9-10H2,1-2H3,(H,19,21)(H,20,22);1-2H3/t13-,16?,18?;/m1./s1. The van der Waals surface area contributed by atoms with Crippen molar-refractivity contribution >= 4 is 5.91 Å². The molecule has 24 heavy (non-hydrogen) atoms. The zero-order chi connectivity index (χ0) is 17.6. The number of rotatable bonds is 6. The van der Waals surface area contributed by atoms with Crippen LogP contribution in [0.5, 0.6) is 0 Å². The SMILES string of the molecule is CC.C[C@@H]1C(c2cnc[nH]2)C1(C)C(=O)NCCCc1ccccc1. The fourth-order valence-corrected chi connectivity index (χ4v) is 3.43. The minimum Gasteiger partial charge on any atom is -0.356 e. The van der Waals surface area contributed by atoms with E-state index in [0.717, 1.165) is 25.1 Å². The van der Waals surface area contributed by atoms with Crippen molar-refractivity contribution in [3.05, 3.63) is 54.1 Å². The molecule has 1 aliphatic carbocycles. The highest BCUT2D eigenvalue weighted by molar-refractivity contribution is 5.87. The van der Waals surface area contributed by atoms with Gasteiger partial charge in [0.15, 0.2) is 0 Å². The van der Waals surface area contributed by atoms with E-state index in [9.17, 15) is 4.79 Å². The summed E-state index contributed by atoms with van der Waals surface area (Å²) in [6, 6.07) is 10.4. The van der Waals surface area contributed by atoms with Crippen LogP contribution in [0.25, 0.3) is 0 Å². The van der Waals surface area contributed by atoms with Gasteiger partial charge in [0.25, 0.3) is 0 Å². The van der Waals surface area contributed by atoms with Crippen LogP contribution in [0.3, 0.4) is 0 Å². The number of aryl methyl sites for hydroxylation is 1. The first-order valence-corrected chi connectivity index (χ1v) is 8.94. The van der Waals surface area contributed by atoms with Gasteiger partial charge in [0.05, 0.1) is 11.7 Å². The first kappa shape index (κ1) is 18.2. The van der Waals surface area contributed by atoms with Crippen molar-refractivity contribution in [2.24, 2.45) is 11.3 Å². The van der Waals surface area contributed by atoms with E-state index < -0.39 is 0 Å². The summed E-state index contributed by atoms with van der Waals surface area (Å²) >= 11 is 0. The number of H-pyrrole nitrogens is 1. The van der Waals surface area contributed by atoms with Gasteiger partial charge in [0.1, 0.15) is 0 Å². The lowest BCUT2D eigenvalue weighted by molar-refractivity contribution is -0.126. The number of imidazole rings is 1. The second kappa shape index (κ2) is 8.13. The molecule has 4 heteroatoms. The molecule has 1 saturated carbocycles. The fraction of sp³-hybridized carbons (Fsp3) is 0.500. The molecule has 1 aliphatic rings.